The third-order valence-corrected chi connectivity index (χ3v) is 6.31. The number of rotatable bonds is 3. The van der Waals surface area contributed by atoms with E-state index in [0.717, 1.165) is 36.8 Å². The van der Waals surface area contributed by atoms with Gasteiger partial charge in [-0.3, -0.25) is 4.90 Å². The van der Waals surface area contributed by atoms with Gasteiger partial charge < -0.3 is 19.4 Å². The van der Waals surface area contributed by atoms with Crippen LogP contribution in [0, 0.1) is 6.92 Å². The van der Waals surface area contributed by atoms with E-state index in [0.29, 0.717) is 6.79 Å². The minimum atomic E-state index is 0.360. The Morgan fingerprint density at radius 2 is 1.61 bits per heavy atom. The predicted octanol–water partition coefficient (Wildman–Crippen LogP) is 4.70. The number of benzene rings is 2. The molecular weight excluding hydrogens is 412 g/mol. The molecule has 6 rings (SSSR count). The van der Waals surface area contributed by atoms with Gasteiger partial charge in [0.15, 0.2) is 11.5 Å². The molecule has 2 aliphatic heterocycles. The Morgan fingerprint density at radius 1 is 0.909 bits per heavy atom. The first-order valence-corrected chi connectivity index (χ1v) is 11.4. The number of aromatic amines is 1. The Morgan fingerprint density at radius 3 is 2.30 bits per heavy atom. The summed E-state index contributed by atoms with van der Waals surface area (Å²) < 4.78 is 10.2. The molecule has 0 unspecified atom stereocenters. The standard InChI is InChI=1S/C20H24N4.C7H6O2/c1-15-12-21-20-19(15)11-18(13-22-20)17-5-3-16(4-6-17)14-24-9-7-23(2)8-10-24;1-2-4-7-6(3-1)8-5-9-7/h3-6,11-13H,7-10,14H2,1-2H3,(H,21,22);1-4H,5H2. The van der Waals surface area contributed by atoms with E-state index >= 15 is 0 Å². The Balaban J connectivity index is 0.000000211. The summed E-state index contributed by atoms with van der Waals surface area (Å²) in [5.74, 6) is 1.69. The molecule has 0 bridgehead atoms. The van der Waals surface area contributed by atoms with Crippen molar-refractivity contribution >= 4 is 11.0 Å². The van der Waals surface area contributed by atoms with Crippen molar-refractivity contribution in [3.05, 3.63) is 78.1 Å². The van der Waals surface area contributed by atoms with Crippen LogP contribution in [0.1, 0.15) is 11.1 Å². The normalized spacial score (nSPS) is 15.9. The highest BCUT2D eigenvalue weighted by atomic mass is 16.7. The molecule has 0 amide bonds. The lowest BCUT2D eigenvalue weighted by Crippen LogP contribution is -2.43. The lowest BCUT2D eigenvalue weighted by molar-refractivity contribution is 0.148. The van der Waals surface area contributed by atoms with Crippen molar-refractivity contribution in [2.45, 2.75) is 13.5 Å². The van der Waals surface area contributed by atoms with Crippen LogP contribution in [0.15, 0.2) is 67.0 Å². The van der Waals surface area contributed by atoms with E-state index < -0.39 is 0 Å². The van der Waals surface area contributed by atoms with Crippen molar-refractivity contribution in [3.63, 3.8) is 0 Å². The zero-order chi connectivity index (χ0) is 22.6. The topological polar surface area (TPSA) is 53.6 Å². The average molecular weight is 443 g/mol. The van der Waals surface area contributed by atoms with E-state index in [1.807, 2.05) is 36.7 Å². The summed E-state index contributed by atoms with van der Waals surface area (Å²) in [7, 11) is 2.20. The number of aromatic nitrogens is 2. The van der Waals surface area contributed by atoms with Crippen LogP contribution in [0.5, 0.6) is 11.5 Å². The molecule has 6 nitrogen and oxygen atoms in total. The van der Waals surface area contributed by atoms with Crippen molar-refractivity contribution in [1.29, 1.82) is 0 Å². The fourth-order valence-electron chi connectivity index (χ4n) is 4.20. The maximum absolute atomic E-state index is 5.08. The van der Waals surface area contributed by atoms with Crippen molar-refractivity contribution in [2.75, 3.05) is 40.0 Å². The first kappa shape index (κ1) is 21.5. The number of likely N-dealkylation sites (N-methyl/N-ethyl adjacent to an activating group) is 1. The molecular formula is C27H30N4O2. The van der Waals surface area contributed by atoms with E-state index in [4.69, 9.17) is 9.47 Å². The summed E-state index contributed by atoms with van der Waals surface area (Å²) in [4.78, 5) is 12.7. The van der Waals surface area contributed by atoms with E-state index in [-0.39, 0.29) is 0 Å². The molecule has 4 heterocycles. The van der Waals surface area contributed by atoms with Crippen molar-refractivity contribution in [3.8, 4) is 22.6 Å². The van der Waals surface area contributed by atoms with Gasteiger partial charge in [-0.1, -0.05) is 36.4 Å². The zero-order valence-corrected chi connectivity index (χ0v) is 19.3. The van der Waals surface area contributed by atoms with Gasteiger partial charge in [-0.2, -0.15) is 0 Å². The van der Waals surface area contributed by atoms with Crippen LogP contribution in [0.3, 0.4) is 0 Å². The Hall–Kier alpha value is -3.35. The van der Waals surface area contributed by atoms with Gasteiger partial charge in [0.1, 0.15) is 5.65 Å². The van der Waals surface area contributed by atoms with Gasteiger partial charge in [-0.25, -0.2) is 4.98 Å². The van der Waals surface area contributed by atoms with E-state index in [1.54, 1.807) is 0 Å². The number of para-hydroxylation sites is 2. The van der Waals surface area contributed by atoms with E-state index in [9.17, 15) is 0 Å². The lowest BCUT2D eigenvalue weighted by atomic mass is 10.0. The Kier molecular flexibility index (Phi) is 6.28. The fourth-order valence-corrected chi connectivity index (χ4v) is 4.20. The van der Waals surface area contributed by atoms with Crippen molar-refractivity contribution in [1.82, 2.24) is 19.8 Å². The van der Waals surface area contributed by atoms with Crippen LogP contribution < -0.4 is 9.47 Å². The molecule has 2 aromatic heterocycles. The molecule has 0 atom stereocenters. The molecule has 6 heteroatoms. The summed E-state index contributed by atoms with van der Waals surface area (Å²) in [6.07, 6.45) is 3.97. The molecule has 0 radical (unpaired) electrons. The summed E-state index contributed by atoms with van der Waals surface area (Å²) >= 11 is 0. The highest BCUT2D eigenvalue weighted by molar-refractivity contribution is 5.84. The highest BCUT2D eigenvalue weighted by Gasteiger charge is 2.14. The lowest BCUT2D eigenvalue weighted by Gasteiger charge is -2.32. The van der Waals surface area contributed by atoms with Gasteiger partial charge in [0, 0.05) is 56.1 Å². The second-order valence-electron chi connectivity index (χ2n) is 8.72. The maximum Gasteiger partial charge on any atom is 0.231 e. The predicted molar refractivity (Wildman–Crippen MR) is 132 cm³/mol. The highest BCUT2D eigenvalue weighted by Crippen LogP contribution is 2.30. The Bertz CT molecular complexity index is 1190. The molecule has 0 aliphatic carbocycles. The van der Waals surface area contributed by atoms with Crippen LogP contribution in [-0.4, -0.2) is 59.8 Å². The van der Waals surface area contributed by atoms with Gasteiger partial charge >= 0.3 is 0 Å². The number of nitrogens with zero attached hydrogens (tertiary/aromatic N) is 3. The second-order valence-corrected chi connectivity index (χ2v) is 8.72. The van der Waals surface area contributed by atoms with E-state index in [1.165, 1.54) is 40.7 Å². The van der Waals surface area contributed by atoms with Crippen LogP contribution in [0.4, 0.5) is 0 Å². The number of hydrogen-bond donors (Lipinski definition) is 1. The molecule has 2 aliphatic rings. The summed E-state index contributed by atoms with van der Waals surface area (Å²) in [5, 5.41) is 1.20. The van der Waals surface area contributed by atoms with Crippen molar-refractivity contribution in [2.24, 2.45) is 0 Å². The van der Waals surface area contributed by atoms with Crippen LogP contribution in [0.2, 0.25) is 0 Å². The number of aryl methyl sites for hydroxylation is 1. The smallest absolute Gasteiger partial charge is 0.231 e. The number of pyridine rings is 1. The summed E-state index contributed by atoms with van der Waals surface area (Å²) in [5.41, 5.74) is 5.99. The van der Waals surface area contributed by atoms with Crippen LogP contribution in [0.25, 0.3) is 22.2 Å². The SMILES string of the molecule is Cc1c[nH]c2ncc(-c3ccc(CN4CCN(C)CC4)cc3)cc12.c1ccc2c(c1)OCO2. The second kappa shape index (κ2) is 9.65. The molecule has 33 heavy (non-hydrogen) atoms. The first-order valence-electron chi connectivity index (χ1n) is 11.4. The largest absolute Gasteiger partial charge is 0.454 e. The summed E-state index contributed by atoms with van der Waals surface area (Å²) in [6.45, 7) is 8.17. The number of hydrogen-bond acceptors (Lipinski definition) is 5. The third-order valence-electron chi connectivity index (χ3n) is 6.31. The van der Waals surface area contributed by atoms with Gasteiger partial charge in [0.2, 0.25) is 6.79 Å². The molecule has 2 aromatic carbocycles. The van der Waals surface area contributed by atoms with Gasteiger partial charge in [-0.05, 0) is 48.9 Å². The number of piperazine rings is 1. The number of ether oxygens (including phenoxy) is 2. The number of H-pyrrole nitrogens is 1. The first-order chi connectivity index (χ1) is 16.2. The molecule has 0 spiro atoms. The minimum absolute atomic E-state index is 0.360. The van der Waals surface area contributed by atoms with Crippen LogP contribution in [-0.2, 0) is 6.54 Å². The molecule has 1 saturated heterocycles. The zero-order valence-electron chi connectivity index (χ0n) is 19.3. The summed E-state index contributed by atoms with van der Waals surface area (Å²) in [6, 6.07) is 18.8. The average Bonchev–Trinajstić information content (AvgIpc) is 3.48. The quantitative estimate of drug-likeness (QED) is 0.498. The van der Waals surface area contributed by atoms with Gasteiger partial charge in [0.25, 0.3) is 0 Å². The molecule has 1 N–H and O–H groups in total. The maximum atomic E-state index is 5.08. The molecule has 170 valence electrons. The third kappa shape index (κ3) is 5.02. The number of fused-ring (bicyclic) bond motifs is 2. The molecule has 4 aromatic rings. The minimum Gasteiger partial charge on any atom is -0.454 e. The molecule has 0 saturated carbocycles. The number of nitrogens with one attached hydrogen (secondary N) is 1. The van der Waals surface area contributed by atoms with Gasteiger partial charge in [0.05, 0.1) is 0 Å². The van der Waals surface area contributed by atoms with E-state index in [2.05, 4.69) is 64.1 Å². The van der Waals surface area contributed by atoms with Crippen LogP contribution >= 0.6 is 0 Å². The Labute approximate surface area is 194 Å². The van der Waals surface area contributed by atoms with Crippen molar-refractivity contribution < 1.29 is 9.47 Å². The molecule has 1 fully saturated rings. The monoisotopic (exact) mass is 442 g/mol. The van der Waals surface area contributed by atoms with Gasteiger partial charge in [-0.15, -0.1) is 0 Å². The fraction of sp³-hybridized carbons (Fsp3) is 0.296.